The number of aliphatic hydroxyl groups excluding tert-OH is 2. The summed E-state index contributed by atoms with van der Waals surface area (Å²) in [6, 6.07) is 13.9. The monoisotopic (exact) mass is 397 g/mol. The lowest BCUT2D eigenvalue weighted by atomic mass is 9.81. The van der Waals surface area contributed by atoms with Crippen molar-refractivity contribution in [2.24, 2.45) is 10.9 Å². The minimum Gasteiger partial charge on any atom is -0.390 e. The van der Waals surface area contributed by atoms with E-state index in [0.717, 1.165) is 29.3 Å². The van der Waals surface area contributed by atoms with Crippen molar-refractivity contribution in [2.75, 3.05) is 5.32 Å². The van der Waals surface area contributed by atoms with Crippen LogP contribution in [-0.4, -0.2) is 50.8 Å². The number of carbonyl (C=O) groups is 1. The number of carbonyl (C=O) groups excluding carboxylic acids is 1. The maximum Gasteiger partial charge on any atom is 0.224 e. The minimum atomic E-state index is -0.950. The Bertz CT molecular complexity index is 940. The molecule has 0 bridgehead atoms. The Morgan fingerprint density at radius 2 is 1.89 bits per heavy atom. The van der Waals surface area contributed by atoms with Crippen LogP contribution >= 0.6 is 11.8 Å². The summed E-state index contributed by atoms with van der Waals surface area (Å²) in [5.74, 6) is -0.387. The van der Waals surface area contributed by atoms with Crippen molar-refractivity contribution in [2.45, 2.75) is 48.8 Å². The van der Waals surface area contributed by atoms with E-state index in [0.29, 0.717) is 5.17 Å². The first-order chi connectivity index (χ1) is 13.6. The second-order valence-electron chi connectivity index (χ2n) is 7.84. The molecule has 0 unspecified atom stereocenters. The van der Waals surface area contributed by atoms with E-state index in [4.69, 9.17) is 0 Å². The summed E-state index contributed by atoms with van der Waals surface area (Å²) >= 11 is 1.49. The molecule has 5 atom stereocenters. The molecule has 1 aliphatic heterocycles. The van der Waals surface area contributed by atoms with Crippen molar-refractivity contribution >= 4 is 39.3 Å². The molecule has 2 fully saturated rings. The lowest BCUT2D eigenvalue weighted by molar-refractivity contribution is -0.129. The lowest BCUT2D eigenvalue weighted by Gasteiger charge is -2.37. The predicted octanol–water partition coefficient (Wildman–Crippen LogP) is 2.11. The van der Waals surface area contributed by atoms with Crippen molar-refractivity contribution < 1.29 is 15.0 Å². The van der Waals surface area contributed by atoms with Crippen LogP contribution in [0.1, 0.15) is 19.3 Å². The maximum atomic E-state index is 12.7. The molecule has 2 aromatic carbocycles. The summed E-state index contributed by atoms with van der Waals surface area (Å²) in [5.41, 5.74) is 0.942. The molecular formula is C21H23N3O3S. The molecule has 0 saturated heterocycles. The largest absolute Gasteiger partial charge is 0.390 e. The Morgan fingerprint density at radius 1 is 1.11 bits per heavy atom. The quantitative estimate of drug-likeness (QED) is 0.637. The van der Waals surface area contributed by atoms with Crippen LogP contribution in [0.2, 0.25) is 0 Å². The first kappa shape index (κ1) is 18.0. The van der Waals surface area contributed by atoms with E-state index in [-0.39, 0.29) is 29.5 Å². The van der Waals surface area contributed by atoms with E-state index in [1.165, 1.54) is 11.8 Å². The van der Waals surface area contributed by atoms with Gasteiger partial charge >= 0.3 is 0 Å². The molecule has 1 heterocycles. The average molecular weight is 398 g/mol. The number of amidine groups is 1. The first-order valence-corrected chi connectivity index (χ1v) is 10.6. The van der Waals surface area contributed by atoms with Crippen molar-refractivity contribution in [3.8, 4) is 0 Å². The molecule has 3 aliphatic rings. The van der Waals surface area contributed by atoms with Crippen LogP contribution < -0.4 is 10.6 Å². The molecule has 146 valence electrons. The second kappa shape index (κ2) is 7.06. The number of rotatable bonds is 3. The third kappa shape index (κ3) is 3.27. The van der Waals surface area contributed by atoms with Gasteiger partial charge < -0.3 is 20.8 Å². The Morgan fingerprint density at radius 3 is 2.71 bits per heavy atom. The van der Waals surface area contributed by atoms with Gasteiger partial charge in [0.15, 0.2) is 5.17 Å². The fourth-order valence-corrected chi connectivity index (χ4v) is 5.46. The fourth-order valence-electron chi connectivity index (χ4n) is 4.09. The summed E-state index contributed by atoms with van der Waals surface area (Å²) < 4.78 is 0. The van der Waals surface area contributed by atoms with Gasteiger partial charge in [-0.1, -0.05) is 48.2 Å². The van der Waals surface area contributed by atoms with Gasteiger partial charge in [-0.05, 0) is 30.7 Å². The zero-order valence-electron chi connectivity index (χ0n) is 15.3. The smallest absolute Gasteiger partial charge is 0.224 e. The number of benzene rings is 2. The van der Waals surface area contributed by atoms with Gasteiger partial charge in [-0.3, -0.25) is 9.79 Å². The van der Waals surface area contributed by atoms with Crippen molar-refractivity contribution in [3.63, 3.8) is 0 Å². The molecule has 2 saturated carbocycles. The number of hydrogen-bond acceptors (Lipinski definition) is 6. The number of amides is 1. The Balaban J connectivity index is 1.39. The van der Waals surface area contributed by atoms with Gasteiger partial charge in [-0.15, -0.1) is 0 Å². The molecule has 0 radical (unpaired) electrons. The molecular weight excluding hydrogens is 374 g/mol. The Hall–Kier alpha value is -2.09. The SMILES string of the molecule is O=C(NC1CC1)[C@H]1C[C@@H](O)[C@H](O)[C@@H]2N=C(Nc3cccc4ccccc34)S[C@@H]21. The summed E-state index contributed by atoms with van der Waals surface area (Å²) in [7, 11) is 0. The number of fused-ring (bicyclic) bond motifs is 2. The molecule has 0 aromatic heterocycles. The van der Waals surface area contributed by atoms with Crippen LogP contribution in [0.3, 0.4) is 0 Å². The van der Waals surface area contributed by atoms with Gasteiger partial charge in [-0.25, -0.2) is 0 Å². The highest BCUT2D eigenvalue weighted by Crippen LogP contribution is 2.42. The zero-order chi connectivity index (χ0) is 19.3. The van der Waals surface area contributed by atoms with Gasteiger partial charge in [0.05, 0.1) is 18.1 Å². The number of thioether (sulfide) groups is 1. The molecule has 6 nitrogen and oxygen atoms in total. The third-order valence-electron chi connectivity index (χ3n) is 5.78. The topological polar surface area (TPSA) is 94.0 Å². The van der Waals surface area contributed by atoms with E-state index < -0.39 is 18.2 Å². The molecule has 28 heavy (non-hydrogen) atoms. The van der Waals surface area contributed by atoms with E-state index in [9.17, 15) is 15.0 Å². The molecule has 2 aromatic rings. The summed E-state index contributed by atoms with van der Waals surface area (Å²) in [4.78, 5) is 17.3. The summed E-state index contributed by atoms with van der Waals surface area (Å²) in [6.07, 6.45) is 0.432. The average Bonchev–Trinajstić information content (AvgIpc) is 3.41. The van der Waals surface area contributed by atoms with Gasteiger partial charge in [0.2, 0.25) is 5.91 Å². The number of hydrogen-bond donors (Lipinski definition) is 4. The van der Waals surface area contributed by atoms with E-state index in [2.05, 4.69) is 33.8 Å². The van der Waals surface area contributed by atoms with Crippen LogP contribution in [0, 0.1) is 5.92 Å². The number of anilines is 1. The summed E-state index contributed by atoms with van der Waals surface area (Å²) in [5, 5.41) is 29.9. The molecule has 0 spiro atoms. The van der Waals surface area contributed by atoms with Crippen molar-refractivity contribution in [1.82, 2.24) is 5.32 Å². The number of aliphatic imine (C=N–C) groups is 1. The van der Waals surface area contributed by atoms with Gasteiger partial charge in [-0.2, -0.15) is 0 Å². The highest BCUT2D eigenvalue weighted by atomic mass is 32.2. The van der Waals surface area contributed by atoms with Crippen LogP contribution in [0.15, 0.2) is 47.5 Å². The maximum absolute atomic E-state index is 12.7. The standard InChI is InChI=1S/C21H23N3O3S/c25-16-10-14(20(27)22-12-8-9-12)19-17(18(16)26)24-21(28-19)23-15-7-3-5-11-4-1-2-6-13(11)15/h1-7,12,14,16-19,25-26H,8-10H2,(H,22,27)(H,23,24)/t14-,16+,17-,18-,19+/m0/s1. The van der Waals surface area contributed by atoms with E-state index in [1.54, 1.807) is 0 Å². The minimum absolute atomic E-state index is 0.0300. The van der Waals surface area contributed by atoms with Crippen molar-refractivity contribution in [3.05, 3.63) is 42.5 Å². The molecule has 7 heteroatoms. The van der Waals surface area contributed by atoms with Crippen molar-refractivity contribution in [1.29, 1.82) is 0 Å². The number of nitrogens with zero attached hydrogens (tertiary/aromatic N) is 1. The van der Waals surface area contributed by atoms with Gasteiger partial charge in [0.25, 0.3) is 0 Å². The summed E-state index contributed by atoms with van der Waals surface area (Å²) in [6.45, 7) is 0. The number of nitrogens with one attached hydrogen (secondary N) is 2. The first-order valence-electron chi connectivity index (χ1n) is 9.76. The van der Waals surface area contributed by atoms with Crippen LogP contribution in [0.5, 0.6) is 0 Å². The lowest BCUT2D eigenvalue weighted by Crippen LogP contribution is -2.54. The van der Waals surface area contributed by atoms with Crippen LogP contribution in [-0.2, 0) is 4.79 Å². The van der Waals surface area contributed by atoms with Crippen LogP contribution in [0.4, 0.5) is 5.69 Å². The zero-order valence-corrected chi connectivity index (χ0v) is 16.1. The van der Waals surface area contributed by atoms with E-state index >= 15 is 0 Å². The van der Waals surface area contributed by atoms with Gasteiger partial charge in [0.1, 0.15) is 6.10 Å². The Labute approximate surface area is 167 Å². The molecule has 2 aliphatic carbocycles. The molecule has 5 rings (SSSR count). The normalized spacial score (nSPS) is 31.9. The third-order valence-corrected chi connectivity index (χ3v) is 7.09. The molecule has 1 amide bonds. The highest BCUT2D eigenvalue weighted by molar-refractivity contribution is 8.15. The number of aliphatic hydroxyl groups is 2. The fraction of sp³-hybridized carbons (Fsp3) is 0.429. The van der Waals surface area contributed by atoms with Gasteiger partial charge in [0, 0.05) is 22.4 Å². The van der Waals surface area contributed by atoms with Crippen LogP contribution in [0.25, 0.3) is 10.8 Å². The second-order valence-corrected chi connectivity index (χ2v) is 9.01. The molecule has 4 N–H and O–H groups in total. The highest BCUT2D eigenvalue weighted by Gasteiger charge is 2.50. The van der Waals surface area contributed by atoms with E-state index in [1.807, 2.05) is 24.3 Å². The Kier molecular flexibility index (Phi) is 4.53. The predicted molar refractivity (Wildman–Crippen MR) is 111 cm³/mol.